The Hall–Kier alpha value is -3.65. The molecule has 0 spiro atoms. The van der Waals surface area contributed by atoms with Gasteiger partial charge in [0.25, 0.3) is 0 Å². The average molecular weight is 474 g/mol. The first-order valence-corrected chi connectivity index (χ1v) is 13.2. The molecule has 2 nitrogen and oxygen atoms in total. The molecule has 36 heavy (non-hydrogen) atoms. The molecule has 0 amide bonds. The number of rotatable bonds is 7. The lowest BCUT2D eigenvalue weighted by Crippen LogP contribution is -2.27. The third-order valence-corrected chi connectivity index (χ3v) is 7.67. The van der Waals surface area contributed by atoms with Crippen molar-refractivity contribution in [3.05, 3.63) is 113 Å². The zero-order valence-corrected chi connectivity index (χ0v) is 22.3. The summed E-state index contributed by atoms with van der Waals surface area (Å²) in [6, 6.07) is 31.3. The molecule has 0 unspecified atom stereocenters. The molecule has 0 saturated carbocycles. The van der Waals surface area contributed by atoms with Gasteiger partial charge in [0.15, 0.2) is 12.3 Å². The van der Waals surface area contributed by atoms with E-state index in [1.54, 1.807) is 0 Å². The van der Waals surface area contributed by atoms with Gasteiger partial charge in [0.1, 0.15) is 0 Å². The van der Waals surface area contributed by atoms with Gasteiger partial charge in [-0.2, -0.15) is 4.58 Å². The molecule has 5 rings (SSSR count). The lowest BCUT2D eigenvalue weighted by atomic mass is 9.79. The van der Waals surface area contributed by atoms with E-state index < -0.39 is 0 Å². The van der Waals surface area contributed by atoms with Gasteiger partial charge in [-0.3, -0.25) is 0 Å². The number of fused-ring (bicyclic) bond motifs is 3. The highest BCUT2D eigenvalue weighted by atomic mass is 15.1. The van der Waals surface area contributed by atoms with E-state index in [9.17, 15) is 0 Å². The molecule has 2 heteroatoms. The Morgan fingerprint density at radius 2 is 1.47 bits per heavy atom. The van der Waals surface area contributed by atoms with Gasteiger partial charge in [0, 0.05) is 42.0 Å². The predicted molar refractivity (Wildman–Crippen MR) is 156 cm³/mol. The fraction of sp³-hybridized carbons (Fsp3) is 0.265. The van der Waals surface area contributed by atoms with Crippen LogP contribution in [0.4, 0.5) is 11.4 Å². The molecule has 1 heterocycles. The summed E-state index contributed by atoms with van der Waals surface area (Å²) in [5.41, 5.74) is 9.09. The van der Waals surface area contributed by atoms with Gasteiger partial charge in [-0.05, 0) is 75.2 Å². The summed E-state index contributed by atoms with van der Waals surface area (Å²) in [7, 11) is 0. The molecule has 0 fully saturated rings. The first-order valence-electron chi connectivity index (χ1n) is 13.2. The van der Waals surface area contributed by atoms with E-state index in [1.807, 2.05) is 0 Å². The van der Waals surface area contributed by atoms with Crippen LogP contribution in [0.2, 0.25) is 0 Å². The lowest BCUT2D eigenvalue weighted by Gasteiger charge is -2.20. The summed E-state index contributed by atoms with van der Waals surface area (Å²) in [6.45, 7) is 14.2. The van der Waals surface area contributed by atoms with Crippen molar-refractivity contribution in [3.63, 3.8) is 0 Å². The third-order valence-electron chi connectivity index (χ3n) is 7.67. The van der Waals surface area contributed by atoms with Crippen LogP contribution in [0.5, 0.6) is 0 Å². The maximum Gasteiger partial charge on any atom is 0.210 e. The molecular formula is C34H37N2+. The first kappa shape index (κ1) is 24.1. The maximum atomic E-state index is 2.52. The summed E-state index contributed by atoms with van der Waals surface area (Å²) < 4.78 is 2.52. The van der Waals surface area contributed by atoms with Gasteiger partial charge in [0.2, 0.25) is 5.69 Å². The van der Waals surface area contributed by atoms with E-state index in [4.69, 9.17) is 0 Å². The van der Waals surface area contributed by atoms with Gasteiger partial charge in [-0.1, -0.05) is 66.2 Å². The lowest BCUT2D eigenvalue weighted by molar-refractivity contribution is -0.454. The minimum Gasteiger partial charge on any atom is -0.372 e. The molecule has 0 radical (unpaired) electrons. The number of anilines is 1. The molecule has 4 aromatic rings. The van der Waals surface area contributed by atoms with Crippen LogP contribution in [0.15, 0.2) is 91.0 Å². The summed E-state index contributed by atoms with van der Waals surface area (Å²) in [4.78, 5) is 2.38. The Balaban J connectivity index is 1.59. The van der Waals surface area contributed by atoms with E-state index >= 15 is 0 Å². The predicted octanol–water partition coefficient (Wildman–Crippen LogP) is 8.28. The molecule has 0 saturated heterocycles. The van der Waals surface area contributed by atoms with Gasteiger partial charge >= 0.3 is 0 Å². The van der Waals surface area contributed by atoms with Gasteiger partial charge in [0.05, 0.1) is 5.41 Å². The SMILES string of the molecule is CCN(CC)c1ccc(/C=C/C2=[N+](Cc3ccc(C)cc3)c3ccc4ccccc4c3C2(C)C)cc1. The summed E-state index contributed by atoms with van der Waals surface area (Å²) in [5, 5.41) is 2.65. The monoisotopic (exact) mass is 473 g/mol. The standard InChI is InChI=1S/C34H37N2/c1-6-35(7-2)29-20-16-26(17-21-29)18-23-32-34(4,5)33-30-11-9-8-10-28(30)19-22-31(33)36(32)24-27-14-12-25(3)13-15-27/h8-23H,6-7,24H2,1-5H3/q+1. The van der Waals surface area contributed by atoms with Crippen molar-refractivity contribution < 1.29 is 4.58 Å². The van der Waals surface area contributed by atoms with Crippen molar-refractivity contribution >= 4 is 33.9 Å². The van der Waals surface area contributed by atoms with Crippen molar-refractivity contribution in [1.82, 2.24) is 0 Å². The molecule has 1 aliphatic rings. The van der Waals surface area contributed by atoms with Crippen LogP contribution in [0.3, 0.4) is 0 Å². The Morgan fingerprint density at radius 3 is 2.17 bits per heavy atom. The molecule has 0 N–H and O–H groups in total. The molecule has 4 aromatic carbocycles. The van der Waals surface area contributed by atoms with E-state index in [0.717, 1.165) is 19.6 Å². The highest BCUT2D eigenvalue weighted by molar-refractivity contribution is 6.09. The van der Waals surface area contributed by atoms with Crippen molar-refractivity contribution in [1.29, 1.82) is 0 Å². The highest BCUT2D eigenvalue weighted by Gasteiger charge is 2.45. The van der Waals surface area contributed by atoms with Crippen LogP contribution < -0.4 is 4.90 Å². The average Bonchev–Trinajstić information content (AvgIpc) is 3.11. The summed E-state index contributed by atoms with van der Waals surface area (Å²) in [6.07, 6.45) is 4.62. The van der Waals surface area contributed by atoms with Crippen LogP contribution in [0.1, 0.15) is 49.9 Å². The fourth-order valence-corrected chi connectivity index (χ4v) is 5.64. The summed E-state index contributed by atoms with van der Waals surface area (Å²) >= 11 is 0. The summed E-state index contributed by atoms with van der Waals surface area (Å²) in [5.74, 6) is 0. The van der Waals surface area contributed by atoms with Crippen LogP contribution >= 0.6 is 0 Å². The van der Waals surface area contributed by atoms with Crippen molar-refractivity contribution in [3.8, 4) is 0 Å². The van der Waals surface area contributed by atoms with Gasteiger partial charge < -0.3 is 4.90 Å². The van der Waals surface area contributed by atoms with E-state index in [0.29, 0.717) is 0 Å². The molecule has 182 valence electrons. The number of nitrogens with zero attached hydrogens (tertiary/aromatic N) is 2. The second-order valence-electron chi connectivity index (χ2n) is 10.4. The molecule has 0 aromatic heterocycles. The Bertz CT molecular complexity index is 1430. The number of benzene rings is 4. The highest BCUT2D eigenvalue weighted by Crippen LogP contribution is 2.44. The van der Waals surface area contributed by atoms with Crippen LogP contribution in [-0.2, 0) is 12.0 Å². The fourth-order valence-electron chi connectivity index (χ4n) is 5.64. The zero-order chi connectivity index (χ0) is 25.3. The smallest absolute Gasteiger partial charge is 0.210 e. The van der Waals surface area contributed by atoms with Gasteiger partial charge in [-0.15, -0.1) is 0 Å². The van der Waals surface area contributed by atoms with E-state index in [-0.39, 0.29) is 5.41 Å². The molecule has 0 atom stereocenters. The second kappa shape index (κ2) is 9.78. The van der Waals surface area contributed by atoms with Gasteiger partial charge in [-0.25, -0.2) is 0 Å². The zero-order valence-electron chi connectivity index (χ0n) is 22.3. The number of hydrogen-bond acceptors (Lipinski definition) is 1. The molecule has 0 aliphatic carbocycles. The molecular weight excluding hydrogens is 436 g/mol. The largest absolute Gasteiger partial charge is 0.372 e. The number of hydrogen-bond donors (Lipinski definition) is 0. The quantitative estimate of drug-likeness (QED) is 0.245. The minimum atomic E-state index is -0.113. The maximum absolute atomic E-state index is 2.52. The number of aryl methyl sites for hydroxylation is 1. The van der Waals surface area contributed by atoms with E-state index in [2.05, 4.69) is 141 Å². The van der Waals surface area contributed by atoms with Crippen LogP contribution in [0, 0.1) is 6.92 Å². The Morgan fingerprint density at radius 1 is 0.778 bits per heavy atom. The van der Waals surface area contributed by atoms with Crippen molar-refractivity contribution in [2.45, 2.75) is 46.6 Å². The molecule has 1 aliphatic heterocycles. The molecule has 0 bridgehead atoms. The normalized spacial score (nSPS) is 14.6. The topological polar surface area (TPSA) is 6.25 Å². The van der Waals surface area contributed by atoms with Crippen molar-refractivity contribution in [2.24, 2.45) is 0 Å². The Labute approximate surface area is 216 Å². The van der Waals surface area contributed by atoms with E-state index in [1.165, 1.54) is 50.1 Å². The second-order valence-corrected chi connectivity index (χ2v) is 10.4. The van der Waals surface area contributed by atoms with Crippen LogP contribution in [0.25, 0.3) is 16.8 Å². The third kappa shape index (κ3) is 4.37. The number of allylic oxidation sites excluding steroid dienone is 1. The Kier molecular flexibility index (Phi) is 6.53. The van der Waals surface area contributed by atoms with Crippen molar-refractivity contribution in [2.75, 3.05) is 18.0 Å². The van der Waals surface area contributed by atoms with Crippen LogP contribution in [-0.4, -0.2) is 23.4 Å². The minimum absolute atomic E-state index is 0.113. The first-order chi connectivity index (χ1) is 17.4.